The molecule has 0 radical (unpaired) electrons. The molecule has 0 atom stereocenters. The Balaban J connectivity index is 1.57. The predicted molar refractivity (Wildman–Crippen MR) is 100 cm³/mol. The number of benzene rings is 2. The number of nitrogens with one attached hydrogen (secondary N) is 2. The minimum Gasteiger partial charge on any atom is -0.497 e. The van der Waals surface area contributed by atoms with Crippen molar-refractivity contribution in [1.29, 1.82) is 0 Å². The summed E-state index contributed by atoms with van der Waals surface area (Å²) >= 11 is 0. The fourth-order valence-corrected chi connectivity index (χ4v) is 2.76. The third kappa shape index (κ3) is 3.74. The first-order chi connectivity index (χ1) is 12.6. The van der Waals surface area contributed by atoms with Crippen molar-refractivity contribution >= 4 is 16.8 Å². The van der Waals surface area contributed by atoms with Crippen molar-refractivity contribution in [3.8, 4) is 17.2 Å². The first-order valence-electron chi connectivity index (χ1n) is 8.33. The van der Waals surface area contributed by atoms with Gasteiger partial charge in [-0.25, -0.2) is 0 Å². The zero-order chi connectivity index (χ0) is 18.5. The maximum absolute atomic E-state index is 12.4. The second kappa shape index (κ2) is 7.82. The van der Waals surface area contributed by atoms with Crippen LogP contribution in [0.15, 0.2) is 42.5 Å². The van der Waals surface area contributed by atoms with Gasteiger partial charge in [0.1, 0.15) is 29.5 Å². The number of aromatic nitrogens is 1. The summed E-state index contributed by atoms with van der Waals surface area (Å²) in [6.45, 7) is 2.71. The Morgan fingerprint density at radius 3 is 2.35 bits per heavy atom. The number of aromatic amines is 1. The third-order valence-corrected chi connectivity index (χ3v) is 4.21. The summed E-state index contributed by atoms with van der Waals surface area (Å²) in [5, 5.41) is 3.88. The van der Waals surface area contributed by atoms with Gasteiger partial charge in [0, 0.05) is 17.0 Å². The molecule has 26 heavy (non-hydrogen) atoms. The molecule has 0 saturated carbocycles. The summed E-state index contributed by atoms with van der Waals surface area (Å²) in [5.74, 6) is 2.10. The van der Waals surface area contributed by atoms with E-state index in [0.29, 0.717) is 18.8 Å². The molecule has 136 valence electrons. The topological polar surface area (TPSA) is 72.6 Å². The lowest BCUT2D eigenvalue weighted by Gasteiger charge is -2.08. The van der Waals surface area contributed by atoms with E-state index in [1.54, 1.807) is 14.2 Å². The van der Waals surface area contributed by atoms with Gasteiger partial charge < -0.3 is 24.5 Å². The van der Waals surface area contributed by atoms with E-state index in [1.807, 2.05) is 49.4 Å². The molecule has 1 amide bonds. The SMILES string of the molecule is COc1ccc(OCCNC(=O)c2[nH]c3cc(OC)ccc3c2C)cc1. The molecule has 3 aromatic rings. The molecule has 0 fully saturated rings. The van der Waals surface area contributed by atoms with Gasteiger partial charge in [-0.1, -0.05) is 0 Å². The van der Waals surface area contributed by atoms with Crippen molar-refractivity contribution in [2.75, 3.05) is 27.4 Å². The normalized spacial score (nSPS) is 10.6. The van der Waals surface area contributed by atoms with Gasteiger partial charge in [0.2, 0.25) is 0 Å². The monoisotopic (exact) mass is 354 g/mol. The van der Waals surface area contributed by atoms with Crippen LogP contribution in [0.25, 0.3) is 10.9 Å². The standard InChI is InChI=1S/C20H22N2O4/c1-13-17-9-8-16(25-3)12-18(17)22-19(13)20(23)21-10-11-26-15-6-4-14(24-2)5-7-15/h4-9,12,22H,10-11H2,1-3H3,(H,21,23). The number of ether oxygens (including phenoxy) is 3. The van der Waals surface area contributed by atoms with Crippen LogP contribution in [0.1, 0.15) is 16.1 Å². The second-order valence-corrected chi connectivity index (χ2v) is 5.82. The molecule has 3 rings (SSSR count). The first-order valence-corrected chi connectivity index (χ1v) is 8.33. The van der Waals surface area contributed by atoms with E-state index >= 15 is 0 Å². The van der Waals surface area contributed by atoms with Gasteiger partial charge in [-0.3, -0.25) is 4.79 Å². The summed E-state index contributed by atoms with van der Waals surface area (Å²) in [7, 11) is 3.24. The summed E-state index contributed by atoms with van der Waals surface area (Å²) in [4.78, 5) is 15.6. The molecular formula is C20H22N2O4. The van der Waals surface area contributed by atoms with Crippen LogP contribution >= 0.6 is 0 Å². The highest BCUT2D eigenvalue weighted by atomic mass is 16.5. The summed E-state index contributed by atoms with van der Waals surface area (Å²) in [6.07, 6.45) is 0. The molecular weight excluding hydrogens is 332 g/mol. The Kier molecular flexibility index (Phi) is 5.31. The maximum atomic E-state index is 12.4. The van der Waals surface area contributed by atoms with Crippen LogP contribution in [0.5, 0.6) is 17.2 Å². The van der Waals surface area contributed by atoms with Crippen molar-refractivity contribution in [2.45, 2.75) is 6.92 Å². The van der Waals surface area contributed by atoms with Gasteiger partial charge in [-0.15, -0.1) is 0 Å². The average molecular weight is 354 g/mol. The number of H-pyrrole nitrogens is 1. The highest BCUT2D eigenvalue weighted by Gasteiger charge is 2.14. The Morgan fingerprint density at radius 1 is 1.00 bits per heavy atom. The fraction of sp³-hybridized carbons (Fsp3) is 0.250. The molecule has 1 heterocycles. The van der Waals surface area contributed by atoms with Gasteiger partial charge >= 0.3 is 0 Å². The van der Waals surface area contributed by atoms with Gasteiger partial charge in [-0.05, 0) is 48.9 Å². The molecule has 0 saturated heterocycles. The Morgan fingerprint density at radius 2 is 1.65 bits per heavy atom. The molecule has 0 aliphatic heterocycles. The van der Waals surface area contributed by atoms with Gasteiger partial charge in [0.25, 0.3) is 5.91 Å². The molecule has 2 aromatic carbocycles. The predicted octanol–water partition coefficient (Wildman–Crippen LogP) is 3.30. The van der Waals surface area contributed by atoms with Crippen LogP contribution in [-0.2, 0) is 0 Å². The smallest absolute Gasteiger partial charge is 0.268 e. The number of aryl methyl sites for hydroxylation is 1. The molecule has 6 heteroatoms. The molecule has 0 unspecified atom stereocenters. The second-order valence-electron chi connectivity index (χ2n) is 5.82. The van der Waals surface area contributed by atoms with Crippen LogP contribution in [-0.4, -0.2) is 38.3 Å². The number of carbonyl (C=O) groups is 1. The van der Waals surface area contributed by atoms with E-state index in [-0.39, 0.29) is 5.91 Å². The van der Waals surface area contributed by atoms with E-state index in [9.17, 15) is 4.79 Å². The highest BCUT2D eigenvalue weighted by molar-refractivity contribution is 6.01. The van der Waals surface area contributed by atoms with E-state index in [4.69, 9.17) is 14.2 Å². The van der Waals surface area contributed by atoms with Gasteiger partial charge in [0.05, 0.1) is 20.8 Å². The molecule has 0 bridgehead atoms. The van der Waals surface area contributed by atoms with Crippen LogP contribution in [0.3, 0.4) is 0 Å². The largest absolute Gasteiger partial charge is 0.497 e. The summed E-state index contributed by atoms with van der Waals surface area (Å²) in [6, 6.07) is 13.0. The Bertz CT molecular complexity index is 900. The number of hydrogen-bond acceptors (Lipinski definition) is 4. The lowest BCUT2D eigenvalue weighted by molar-refractivity contribution is 0.0942. The van der Waals surface area contributed by atoms with E-state index < -0.39 is 0 Å². The van der Waals surface area contributed by atoms with Crippen molar-refractivity contribution in [2.24, 2.45) is 0 Å². The zero-order valence-electron chi connectivity index (χ0n) is 15.1. The molecule has 6 nitrogen and oxygen atoms in total. The first kappa shape index (κ1) is 17.7. The van der Waals surface area contributed by atoms with Crippen molar-refractivity contribution in [3.63, 3.8) is 0 Å². The average Bonchev–Trinajstić information content (AvgIpc) is 3.01. The summed E-state index contributed by atoms with van der Waals surface area (Å²) < 4.78 is 15.9. The van der Waals surface area contributed by atoms with Crippen LogP contribution < -0.4 is 19.5 Å². The van der Waals surface area contributed by atoms with E-state index in [1.165, 1.54) is 0 Å². The van der Waals surface area contributed by atoms with E-state index in [0.717, 1.165) is 33.7 Å². The molecule has 0 aliphatic rings. The van der Waals surface area contributed by atoms with Crippen LogP contribution in [0.4, 0.5) is 0 Å². The summed E-state index contributed by atoms with van der Waals surface area (Å²) in [5.41, 5.74) is 2.34. The zero-order valence-corrected chi connectivity index (χ0v) is 15.1. The number of methoxy groups -OCH3 is 2. The fourth-order valence-electron chi connectivity index (χ4n) is 2.76. The van der Waals surface area contributed by atoms with Gasteiger partial charge in [0.15, 0.2) is 0 Å². The minimum atomic E-state index is -0.156. The van der Waals surface area contributed by atoms with Crippen molar-refractivity contribution in [1.82, 2.24) is 10.3 Å². The van der Waals surface area contributed by atoms with Crippen molar-refractivity contribution < 1.29 is 19.0 Å². The molecule has 1 aromatic heterocycles. The quantitative estimate of drug-likeness (QED) is 0.639. The van der Waals surface area contributed by atoms with Crippen molar-refractivity contribution in [3.05, 3.63) is 53.7 Å². The lowest BCUT2D eigenvalue weighted by atomic mass is 10.1. The number of hydrogen-bond donors (Lipinski definition) is 2. The van der Waals surface area contributed by atoms with Crippen LogP contribution in [0.2, 0.25) is 0 Å². The number of rotatable bonds is 7. The molecule has 2 N–H and O–H groups in total. The number of carbonyl (C=O) groups excluding carboxylic acids is 1. The van der Waals surface area contributed by atoms with Crippen LogP contribution in [0, 0.1) is 6.92 Å². The Hall–Kier alpha value is -3.15. The highest BCUT2D eigenvalue weighted by Crippen LogP contribution is 2.25. The maximum Gasteiger partial charge on any atom is 0.268 e. The molecule has 0 aliphatic carbocycles. The lowest BCUT2D eigenvalue weighted by Crippen LogP contribution is -2.28. The minimum absolute atomic E-state index is 0.156. The van der Waals surface area contributed by atoms with Gasteiger partial charge in [-0.2, -0.15) is 0 Å². The number of fused-ring (bicyclic) bond motifs is 1. The number of amides is 1. The third-order valence-electron chi connectivity index (χ3n) is 4.21. The molecule has 0 spiro atoms. The Labute approximate surface area is 152 Å². The van der Waals surface area contributed by atoms with E-state index in [2.05, 4.69) is 10.3 Å².